The van der Waals surface area contributed by atoms with Crippen molar-refractivity contribution in [2.45, 2.75) is 6.04 Å². The molecule has 2 nitrogen and oxygen atoms in total. The maximum atomic E-state index is 14.3. The van der Waals surface area contributed by atoms with Crippen LogP contribution in [0.25, 0.3) is 0 Å². The number of thiophene rings is 1. The van der Waals surface area contributed by atoms with E-state index in [2.05, 4.69) is 16.3 Å². The zero-order chi connectivity index (χ0) is 13.9. The molecule has 2 aromatic rings. The molecule has 21 heavy (non-hydrogen) atoms. The molecule has 0 radical (unpaired) electrons. The van der Waals surface area contributed by atoms with Crippen LogP contribution >= 0.6 is 35.3 Å². The molecule has 0 saturated carbocycles. The van der Waals surface area contributed by atoms with Crippen LogP contribution in [0.3, 0.4) is 0 Å². The minimum atomic E-state index is -0.227. The summed E-state index contributed by atoms with van der Waals surface area (Å²) in [5, 5.41) is 5.82. The smallest absolute Gasteiger partial charge is 0.129 e. The summed E-state index contributed by atoms with van der Waals surface area (Å²) >= 11 is 7.54. The van der Waals surface area contributed by atoms with Crippen LogP contribution in [-0.4, -0.2) is 31.1 Å². The number of hydrogen-bond acceptors (Lipinski definition) is 3. The summed E-state index contributed by atoms with van der Waals surface area (Å²) in [6.07, 6.45) is 0. The number of hydrogen-bond donors (Lipinski definition) is 1. The van der Waals surface area contributed by atoms with E-state index in [9.17, 15) is 4.39 Å². The third-order valence-corrected chi connectivity index (χ3v) is 4.75. The Morgan fingerprint density at radius 3 is 2.62 bits per heavy atom. The lowest BCUT2D eigenvalue weighted by Crippen LogP contribution is -2.45. The maximum Gasteiger partial charge on any atom is 0.129 e. The number of piperazine rings is 1. The lowest BCUT2D eigenvalue weighted by atomic mass is 10.0. The average molecular weight is 347 g/mol. The Morgan fingerprint density at radius 1 is 1.24 bits per heavy atom. The molecule has 1 aliphatic rings. The zero-order valence-corrected chi connectivity index (χ0v) is 13.8. The van der Waals surface area contributed by atoms with Gasteiger partial charge in [0.25, 0.3) is 0 Å². The van der Waals surface area contributed by atoms with Crippen molar-refractivity contribution in [3.05, 3.63) is 57.0 Å². The van der Waals surface area contributed by atoms with Crippen LogP contribution in [0.2, 0.25) is 5.02 Å². The van der Waals surface area contributed by atoms with Crippen molar-refractivity contribution in [2.24, 2.45) is 0 Å². The first-order valence-electron chi connectivity index (χ1n) is 6.69. The lowest BCUT2D eigenvalue weighted by Gasteiger charge is -2.34. The second-order valence-corrected chi connectivity index (χ2v) is 6.29. The number of nitrogens with zero attached hydrogens (tertiary/aromatic N) is 1. The predicted molar refractivity (Wildman–Crippen MR) is 89.3 cm³/mol. The minimum absolute atomic E-state index is 0. The molecule has 3 rings (SSSR count). The summed E-state index contributed by atoms with van der Waals surface area (Å²) < 4.78 is 14.3. The van der Waals surface area contributed by atoms with E-state index in [0.717, 1.165) is 26.2 Å². The predicted octanol–water partition coefficient (Wildman–Crippen LogP) is 3.96. The summed E-state index contributed by atoms with van der Waals surface area (Å²) in [5.41, 5.74) is 0.707. The molecule has 1 aliphatic heterocycles. The summed E-state index contributed by atoms with van der Waals surface area (Å²) in [6.45, 7) is 3.73. The second-order valence-electron chi connectivity index (χ2n) is 4.87. The molecule has 0 unspecified atom stereocenters. The first-order valence-corrected chi connectivity index (χ1v) is 7.94. The van der Waals surface area contributed by atoms with Gasteiger partial charge in [0, 0.05) is 41.6 Å². The van der Waals surface area contributed by atoms with Gasteiger partial charge in [-0.05, 0) is 23.6 Å². The summed E-state index contributed by atoms with van der Waals surface area (Å²) in [4.78, 5) is 3.50. The Balaban J connectivity index is 0.00000161. The molecule has 1 fully saturated rings. The molecule has 1 atom stereocenters. The average Bonchev–Trinajstić information content (AvgIpc) is 2.97. The molecule has 1 saturated heterocycles. The fourth-order valence-corrected chi connectivity index (χ4v) is 3.68. The monoisotopic (exact) mass is 346 g/mol. The Bertz CT molecular complexity index is 571. The van der Waals surface area contributed by atoms with Crippen molar-refractivity contribution < 1.29 is 4.39 Å². The number of halogens is 3. The highest BCUT2D eigenvalue weighted by Gasteiger charge is 2.26. The molecule has 2 heterocycles. The molecular weight excluding hydrogens is 330 g/mol. The van der Waals surface area contributed by atoms with Crippen molar-refractivity contribution in [3.63, 3.8) is 0 Å². The Hall–Kier alpha value is -0.650. The fourth-order valence-electron chi connectivity index (χ4n) is 2.64. The van der Waals surface area contributed by atoms with E-state index in [4.69, 9.17) is 11.6 Å². The first kappa shape index (κ1) is 16.7. The third kappa shape index (κ3) is 3.76. The normalized spacial score (nSPS) is 17.2. The molecule has 0 aliphatic carbocycles. The molecule has 1 aromatic heterocycles. The van der Waals surface area contributed by atoms with Gasteiger partial charge in [0.15, 0.2) is 0 Å². The van der Waals surface area contributed by atoms with Gasteiger partial charge in [-0.3, -0.25) is 4.90 Å². The van der Waals surface area contributed by atoms with E-state index in [1.54, 1.807) is 17.4 Å². The molecule has 1 aromatic carbocycles. The van der Waals surface area contributed by atoms with Gasteiger partial charge < -0.3 is 5.32 Å². The quantitative estimate of drug-likeness (QED) is 0.904. The van der Waals surface area contributed by atoms with Crippen LogP contribution in [0.5, 0.6) is 0 Å². The van der Waals surface area contributed by atoms with Crippen molar-refractivity contribution in [1.82, 2.24) is 10.2 Å². The standard InChI is InChI=1S/C15H16ClFN2S.ClH/c16-11-3-4-12(13(17)10-11)15(14-2-1-9-20-14)19-7-5-18-6-8-19;/h1-4,9-10,15,18H,5-8H2;1H/t15-;/m0./s1. The minimum Gasteiger partial charge on any atom is -0.314 e. The van der Waals surface area contributed by atoms with E-state index >= 15 is 0 Å². The van der Waals surface area contributed by atoms with Crippen molar-refractivity contribution in [2.75, 3.05) is 26.2 Å². The fraction of sp³-hybridized carbons (Fsp3) is 0.333. The van der Waals surface area contributed by atoms with Gasteiger partial charge in [-0.25, -0.2) is 4.39 Å². The van der Waals surface area contributed by atoms with Gasteiger partial charge in [0.05, 0.1) is 6.04 Å². The molecule has 0 spiro atoms. The van der Waals surface area contributed by atoms with Gasteiger partial charge in [0.2, 0.25) is 0 Å². The summed E-state index contributed by atoms with van der Waals surface area (Å²) in [6, 6.07) is 9.05. The number of rotatable bonds is 3. The van der Waals surface area contributed by atoms with Crippen molar-refractivity contribution in [3.8, 4) is 0 Å². The van der Waals surface area contributed by atoms with Gasteiger partial charge in [-0.1, -0.05) is 23.7 Å². The largest absolute Gasteiger partial charge is 0.314 e. The summed E-state index contributed by atoms with van der Waals surface area (Å²) in [5.74, 6) is -0.227. The second kappa shape index (κ2) is 7.56. The van der Waals surface area contributed by atoms with Crippen LogP contribution in [-0.2, 0) is 0 Å². The maximum absolute atomic E-state index is 14.3. The van der Waals surface area contributed by atoms with E-state index in [0.29, 0.717) is 10.6 Å². The van der Waals surface area contributed by atoms with E-state index < -0.39 is 0 Å². The first-order chi connectivity index (χ1) is 9.75. The Morgan fingerprint density at radius 2 is 2.00 bits per heavy atom. The topological polar surface area (TPSA) is 15.3 Å². The van der Waals surface area contributed by atoms with Crippen molar-refractivity contribution >= 4 is 35.3 Å². The van der Waals surface area contributed by atoms with Gasteiger partial charge in [-0.2, -0.15) is 0 Å². The molecule has 6 heteroatoms. The highest BCUT2D eigenvalue weighted by atomic mass is 35.5. The van der Waals surface area contributed by atoms with Crippen LogP contribution < -0.4 is 5.32 Å². The molecular formula is C15H17Cl2FN2S. The SMILES string of the molecule is Cl.Fc1cc(Cl)ccc1[C@@H](c1cccs1)N1CCNCC1. The van der Waals surface area contributed by atoms with Gasteiger partial charge >= 0.3 is 0 Å². The van der Waals surface area contributed by atoms with Crippen LogP contribution in [0.4, 0.5) is 4.39 Å². The van der Waals surface area contributed by atoms with Crippen LogP contribution in [0.1, 0.15) is 16.5 Å². The van der Waals surface area contributed by atoms with E-state index in [-0.39, 0.29) is 24.3 Å². The number of nitrogens with one attached hydrogen (secondary N) is 1. The Kier molecular flexibility index (Phi) is 6.02. The summed E-state index contributed by atoms with van der Waals surface area (Å²) in [7, 11) is 0. The molecule has 0 amide bonds. The Labute approximate surface area is 139 Å². The van der Waals surface area contributed by atoms with Crippen LogP contribution in [0.15, 0.2) is 35.7 Å². The van der Waals surface area contributed by atoms with Gasteiger partial charge in [-0.15, -0.1) is 23.7 Å². The molecule has 114 valence electrons. The molecule has 1 N–H and O–H groups in total. The van der Waals surface area contributed by atoms with Gasteiger partial charge in [0.1, 0.15) is 5.82 Å². The van der Waals surface area contributed by atoms with E-state index in [1.807, 2.05) is 17.5 Å². The highest BCUT2D eigenvalue weighted by molar-refractivity contribution is 7.10. The van der Waals surface area contributed by atoms with Crippen LogP contribution in [0, 0.1) is 5.82 Å². The van der Waals surface area contributed by atoms with Crippen molar-refractivity contribution in [1.29, 1.82) is 0 Å². The third-order valence-electron chi connectivity index (χ3n) is 3.59. The number of benzene rings is 1. The molecule has 0 bridgehead atoms. The lowest BCUT2D eigenvalue weighted by molar-refractivity contribution is 0.197. The zero-order valence-electron chi connectivity index (χ0n) is 11.4. The van der Waals surface area contributed by atoms with E-state index in [1.165, 1.54) is 10.9 Å². The highest BCUT2D eigenvalue weighted by Crippen LogP contribution is 2.34.